The van der Waals surface area contributed by atoms with Crippen molar-refractivity contribution in [1.29, 1.82) is 0 Å². The molecule has 0 bridgehead atoms. The van der Waals surface area contributed by atoms with E-state index in [1.54, 1.807) is 19.9 Å². The van der Waals surface area contributed by atoms with E-state index in [2.05, 4.69) is 5.32 Å². The number of amides is 1. The smallest absolute Gasteiger partial charge is 0.261 e. The van der Waals surface area contributed by atoms with Crippen LogP contribution in [0.4, 0.5) is 0 Å². The summed E-state index contributed by atoms with van der Waals surface area (Å²) in [4.78, 5) is 12.1. The Balaban J connectivity index is 2.32. The highest BCUT2D eigenvalue weighted by Gasteiger charge is 2.22. The molecule has 0 spiro atoms. The predicted molar refractivity (Wildman–Crippen MR) is 75.6 cm³/mol. The van der Waals surface area contributed by atoms with Crippen molar-refractivity contribution < 1.29 is 17.9 Å². The number of carbonyl (C=O) groups is 1. The van der Waals surface area contributed by atoms with Gasteiger partial charge in [0.15, 0.2) is 0 Å². The van der Waals surface area contributed by atoms with Gasteiger partial charge in [-0.1, -0.05) is 0 Å². The number of carbonyl (C=O) groups excluding carboxylic acids is 1. The molecule has 0 radical (unpaired) electrons. The summed E-state index contributed by atoms with van der Waals surface area (Å²) in [7, 11) is 1.53. The second-order valence-electron chi connectivity index (χ2n) is 4.89. The van der Waals surface area contributed by atoms with Crippen molar-refractivity contribution in [3.05, 3.63) is 28.8 Å². The van der Waals surface area contributed by atoms with E-state index in [9.17, 15) is 13.2 Å². The van der Waals surface area contributed by atoms with Crippen molar-refractivity contribution in [2.24, 2.45) is 0 Å². The lowest BCUT2D eigenvalue weighted by Crippen LogP contribution is -2.35. The van der Waals surface area contributed by atoms with E-state index in [-0.39, 0.29) is 16.8 Å². The van der Waals surface area contributed by atoms with Crippen LogP contribution in [0, 0.1) is 13.8 Å². The fourth-order valence-electron chi connectivity index (χ4n) is 2.13. The molecule has 1 amide bonds. The second-order valence-corrected chi connectivity index (χ2v) is 7.42. The maximum absolute atomic E-state index is 12.1. The normalized spacial score (nSPS) is 19.1. The molecule has 1 fully saturated rings. The molecule has 1 aromatic carbocycles. The van der Waals surface area contributed by atoms with Crippen LogP contribution in [0.5, 0.6) is 0 Å². The summed E-state index contributed by atoms with van der Waals surface area (Å²) in [6, 6.07) is 2.95. The average Bonchev–Trinajstić information content (AvgIpc) is 2.83. The minimum absolute atomic E-state index is 0.0213. The van der Waals surface area contributed by atoms with Crippen molar-refractivity contribution >= 4 is 25.6 Å². The van der Waals surface area contributed by atoms with Gasteiger partial charge in [0.2, 0.25) is 0 Å². The summed E-state index contributed by atoms with van der Waals surface area (Å²) >= 11 is 0. The molecular weight excluding hydrogens is 302 g/mol. The van der Waals surface area contributed by atoms with Gasteiger partial charge in [0.1, 0.15) is 0 Å². The molecule has 2 rings (SSSR count). The summed E-state index contributed by atoms with van der Waals surface area (Å²) in [6.07, 6.45) is 0.761. The first-order valence-electron chi connectivity index (χ1n) is 6.23. The summed E-state index contributed by atoms with van der Waals surface area (Å²) in [6.45, 7) is 4.52. The van der Waals surface area contributed by atoms with Gasteiger partial charge in [-0.15, -0.1) is 0 Å². The van der Waals surface area contributed by atoms with Crippen molar-refractivity contribution in [1.82, 2.24) is 5.32 Å². The molecule has 0 saturated carbocycles. The monoisotopic (exact) mass is 317 g/mol. The van der Waals surface area contributed by atoms with Gasteiger partial charge < -0.3 is 10.1 Å². The zero-order valence-corrected chi connectivity index (χ0v) is 12.8. The standard InChI is InChI=1S/C13H16ClNO4S/c1-8-5-10(6-12(9(8)2)20(14,17)18)13(16)15-11-3-4-19-7-11/h5-6,11H,3-4,7H2,1-2H3,(H,15,16). The number of nitrogens with one attached hydrogen (secondary N) is 1. The zero-order chi connectivity index (χ0) is 14.9. The SMILES string of the molecule is Cc1cc(C(=O)NC2CCOC2)cc(S(=O)(=O)Cl)c1C. The molecule has 1 heterocycles. The van der Waals surface area contributed by atoms with Gasteiger partial charge in [-0.25, -0.2) is 8.42 Å². The topological polar surface area (TPSA) is 72.5 Å². The summed E-state index contributed by atoms with van der Waals surface area (Å²) < 4.78 is 28.3. The number of aryl methyl sites for hydroxylation is 1. The minimum Gasteiger partial charge on any atom is -0.379 e. The predicted octanol–water partition coefficient (Wildman–Crippen LogP) is 1.75. The Morgan fingerprint density at radius 2 is 2.10 bits per heavy atom. The quantitative estimate of drug-likeness (QED) is 0.862. The minimum atomic E-state index is -3.87. The Hall–Kier alpha value is -1.11. The van der Waals surface area contributed by atoms with Crippen molar-refractivity contribution in [2.45, 2.75) is 31.2 Å². The molecule has 1 aromatic rings. The van der Waals surface area contributed by atoms with Crippen molar-refractivity contribution in [2.75, 3.05) is 13.2 Å². The Morgan fingerprint density at radius 1 is 1.40 bits per heavy atom. The number of benzene rings is 1. The molecule has 20 heavy (non-hydrogen) atoms. The van der Waals surface area contributed by atoms with E-state index in [1.165, 1.54) is 6.07 Å². The van der Waals surface area contributed by atoms with Gasteiger partial charge in [0.05, 0.1) is 17.5 Å². The summed E-state index contributed by atoms with van der Waals surface area (Å²) in [5.41, 5.74) is 1.56. The Labute approximate surface area is 122 Å². The third-order valence-corrected chi connectivity index (χ3v) is 4.86. The maximum Gasteiger partial charge on any atom is 0.261 e. The summed E-state index contributed by atoms with van der Waals surface area (Å²) in [5.74, 6) is -0.315. The number of hydrogen-bond donors (Lipinski definition) is 1. The molecule has 1 atom stereocenters. The van der Waals surface area contributed by atoms with Gasteiger partial charge in [-0.3, -0.25) is 4.79 Å². The van der Waals surface area contributed by atoms with E-state index in [4.69, 9.17) is 15.4 Å². The Morgan fingerprint density at radius 3 is 2.65 bits per heavy atom. The Bertz CT molecular complexity index is 636. The van der Waals surface area contributed by atoms with Crippen molar-refractivity contribution in [3.8, 4) is 0 Å². The highest BCUT2D eigenvalue weighted by molar-refractivity contribution is 8.13. The van der Waals surface area contributed by atoms with Crippen LogP contribution in [-0.4, -0.2) is 33.6 Å². The molecule has 0 aromatic heterocycles. The number of rotatable bonds is 3. The molecule has 1 saturated heterocycles. The summed E-state index contributed by atoms with van der Waals surface area (Å²) in [5, 5.41) is 2.82. The van der Waals surface area contributed by atoms with Crippen LogP contribution < -0.4 is 5.32 Å². The number of hydrogen-bond acceptors (Lipinski definition) is 4. The molecule has 110 valence electrons. The highest BCUT2D eigenvalue weighted by Crippen LogP contribution is 2.24. The molecule has 1 N–H and O–H groups in total. The van der Waals surface area contributed by atoms with Gasteiger partial charge >= 0.3 is 0 Å². The molecule has 1 aliphatic rings. The fraction of sp³-hybridized carbons (Fsp3) is 0.462. The first-order chi connectivity index (χ1) is 9.29. The van der Waals surface area contributed by atoms with Crippen LogP contribution in [0.15, 0.2) is 17.0 Å². The lowest BCUT2D eigenvalue weighted by atomic mass is 10.1. The van der Waals surface area contributed by atoms with Gasteiger partial charge in [-0.05, 0) is 43.5 Å². The third-order valence-electron chi connectivity index (χ3n) is 3.41. The largest absolute Gasteiger partial charge is 0.379 e. The van der Waals surface area contributed by atoms with Crippen LogP contribution in [0.3, 0.4) is 0 Å². The fourth-order valence-corrected chi connectivity index (χ4v) is 3.40. The third kappa shape index (κ3) is 3.31. The van der Waals surface area contributed by atoms with E-state index in [1.807, 2.05) is 0 Å². The molecule has 0 aliphatic carbocycles. The van der Waals surface area contributed by atoms with E-state index in [0.717, 1.165) is 6.42 Å². The van der Waals surface area contributed by atoms with Crippen LogP contribution in [0.2, 0.25) is 0 Å². The van der Waals surface area contributed by atoms with Crippen LogP contribution in [0.1, 0.15) is 27.9 Å². The number of halogens is 1. The van der Waals surface area contributed by atoms with E-state index in [0.29, 0.717) is 29.9 Å². The van der Waals surface area contributed by atoms with Crippen LogP contribution in [0.25, 0.3) is 0 Å². The average molecular weight is 318 g/mol. The first-order valence-corrected chi connectivity index (χ1v) is 8.54. The Kier molecular flexibility index (Phi) is 4.36. The lowest BCUT2D eigenvalue weighted by molar-refractivity contribution is 0.0929. The van der Waals surface area contributed by atoms with Gasteiger partial charge in [-0.2, -0.15) is 0 Å². The van der Waals surface area contributed by atoms with E-state index >= 15 is 0 Å². The maximum atomic E-state index is 12.1. The molecule has 1 aliphatic heterocycles. The first kappa shape index (κ1) is 15.3. The molecule has 5 nitrogen and oxygen atoms in total. The van der Waals surface area contributed by atoms with Crippen LogP contribution in [-0.2, 0) is 13.8 Å². The van der Waals surface area contributed by atoms with Gasteiger partial charge in [0.25, 0.3) is 15.0 Å². The second kappa shape index (κ2) is 5.71. The lowest BCUT2D eigenvalue weighted by Gasteiger charge is -2.13. The zero-order valence-electron chi connectivity index (χ0n) is 11.3. The van der Waals surface area contributed by atoms with Crippen molar-refractivity contribution in [3.63, 3.8) is 0 Å². The van der Waals surface area contributed by atoms with Gasteiger partial charge in [0, 0.05) is 22.9 Å². The number of ether oxygens (including phenoxy) is 1. The van der Waals surface area contributed by atoms with Crippen LogP contribution >= 0.6 is 10.7 Å². The highest BCUT2D eigenvalue weighted by atomic mass is 35.7. The van der Waals surface area contributed by atoms with E-state index < -0.39 is 9.05 Å². The molecule has 1 unspecified atom stereocenters. The molecular formula is C13H16ClNO4S. The molecule has 7 heteroatoms.